The van der Waals surface area contributed by atoms with Gasteiger partial charge in [0.2, 0.25) is 0 Å². The number of nitrogens with zero attached hydrogens (tertiary/aromatic N) is 1. The molecular formula is C16H10Cl2N2O3S. The van der Waals surface area contributed by atoms with Gasteiger partial charge in [-0.2, -0.15) is 0 Å². The topological polar surface area (TPSA) is 62.6 Å². The fourth-order valence-corrected chi connectivity index (χ4v) is 2.60. The predicted octanol–water partition coefficient (Wildman–Crippen LogP) is 3.51. The van der Waals surface area contributed by atoms with E-state index in [4.69, 9.17) is 39.8 Å². The van der Waals surface area contributed by atoms with E-state index in [1.165, 1.54) is 18.0 Å². The first kappa shape index (κ1) is 16.7. The first-order chi connectivity index (χ1) is 11.4. The Hall–Kier alpha value is -2.15. The molecule has 1 aliphatic heterocycles. The molecule has 1 fully saturated rings. The van der Waals surface area contributed by atoms with Crippen molar-refractivity contribution in [1.29, 1.82) is 0 Å². The van der Waals surface area contributed by atoms with Crippen LogP contribution in [-0.2, 0) is 9.59 Å². The monoisotopic (exact) mass is 380 g/mol. The lowest BCUT2D eigenvalue weighted by Gasteiger charge is -2.24. The van der Waals surface area contributed by atoms with Crippen LogP contribution in [0.2, 0.25) is 10.0 Å². The van der Waals surface area contributed by atoms with E-state index in [1.54, 1.807) is 30.3 Å². The lowest BCUT2D eigenvalue weighted by Crippen LogP contribution is -2.52. The highest BCUT2D eigenvalue weighted by Gasteiger charge is 2.31. The molecule has 0 saturated carbocycles. The maximum Gasteiger partial charge on any atom is 0.265 e. The van der Waals surface area contributed by atoms with E-state index in [-0.39, 0.29) is 10.7 Å². The normalized spacial score (nSPS) is 16.7. The highest BCUT2D eigenvalue weighted by atomic mass is 35.5. The van der Waals surface area contributed by atoms with Gasteiger partial charge in [-0.15, -0.1) is 0 Å². The number of carbonyl (C=O) groups excluding carboxylic acids is 2. The summed E-state index contributed by atoms with van der Waals surface area (Å²) < 4.78 is 5.66. The van der Waals surface area contributed by atoms with Gasteiger partial charge in [0.25, 0.3) is 11.8 Å². The van der Waals surface area contributed by atoms with E-state index < -0.39 is 11.8 Å². The molecule has 1 saturated heterocycles. The van der Waals surface area contributed by atoms with Crippen LogP contribution < -0.4 is 5.32 Å². The molecule has 3 rings (SSSR count). The van der Waals surface area contributed by atoms with Crippen molar-refractivity contribution >= 4 is 58.4 Å². The molecule has 122 valence electrons. The molecular weight excluding hydrogens is 371 g/mol. The molecule has 0 radical (unpaired) electrons. The maximum atomic E-state index is 12.1. The van der Waals surface area contributed by atoms with Crippen LogP contribution in [0.15, 0.2) is 40.3 Å². The molecule has 0 bridgehead atoms. The first-order valence-electron chi connectivity index (χ1n) is 6.77. The number of furan rings is 1. The van der Waals surface area contributed by atoms with Crippen molar-refractivity contribution < 1.29 is 14.0 Å². The lowest BCUT2D eigenvalue weighted by atomic mass is 10.1. The third-order valence-electron chi connectivity index (χ3n) is 3.42. The van der Waals surface area contributed by atoms with E-state index in [9.17, 15) is 9.59 Å². The van der Waals surface area contributed by atoms with Crippen LogP contribution in [0, 0.1) is 0 Å². The quantitative estimate of drug-likeness (QED) is 0.491. The molecule has 2 amide bonds. The Morgan fingerprint density at radius 3 is 2.62 bits per heavy atom. The molecule has 0 spiro atoms. The predicted molar refractivity (Wildman–Crippen MR) is 95.7 cm³/mol. The summed E-state index contributed by atoms with van der Waals surface area (Å²) >= 11 is 16.8. The number of hydrogen-bond donors (Lipinski definition) is 1. The molecule has 5 nitrogen and oxygen atoms in total. The van der Waals surface area contributed by atoms with Gasteiger partial charge in [-0.05, 0) is 48.6 Å². The number of halogens is 2. The zero-order chi connectivity index (χ0) is 17.4. The lowest BCUT2D eigenvalue weighted by molar-refractivity contribution is -0.128. The smallest absolute Gasteiger partial charge is 0.265 e. The van der Waals surface area contributed by atoms with Crippen molar-refractivity contribution in [3.05, 3.63) is 51.7 Å². The Bertz CT molecular complexity index is 904. The minimum Gasteiger partial charge on any atom is -0.457 e. The number of thiocarbonyl (C=S) groups is 1. The highest BCUT2D eigenvalue weighted by molar-refractivity contribution is 7.80. The molecule has 0 unspecified atom stereocenters. The van der Waals surface area contributed by atoms with Gasteiger partial charge in [0, 0.05) is 12.6 Å². The number of rotatable bonds is 2. The van der Waals surface area contributed by atoms with Crippen LogP contribution in [0.3, 0.4) is 0 Å². The Morgan fingerprint density at radius 1 is 1.17 bits per heavy atom. The van der Waals surface area contributed by atoms with Crippen LogP contribution >= 0.6 is 35.4 Å². The number of likely N-dealkylation sites (N-methyl/N-ethyl adjacent to an activating group) is 1. The standard InChI is InChI=1S/C16H10Cl2N2O3S/c1-20-15(22)10(14(21)19-16(20)24)7-9-3-5-13(23-9)8-2-4-11(17)12(18)6-8/h2-7H,1H3,(H,19,21,24)/b10-7-. The van der Waals surface area contributed by atoms with Crippen LogP contribution in [0.5, 0.6) is 0 Å². The minimum atomic E-state index is -0.560. The van der Waals surface area contributed by atoms with Crippen molar-refractivity contribution in [1.82, 2.24) is 10.2 Å². The Morgan fingerprint density at radius 2 is 1.92 bits per heavy atom. The summed E-state index contributed by atoms with van der Waals surface area (Å²) in [6.07, 6.45) is 1.37. The molecule has 0 atom stereocenters. The minimum absolute atomic E-state index is 0.0545. The molecule has 1 N–H and O–H groups in total. The van der Waals surface area contributed by atoms with Gasteiger partial charge < -0.3 is 4.42 Å². The number of hydrogen-bond acceptors (Lipinski definition) is 4. The Kier molecular flexibility index (Phi) is 4.45. The van der Waals surface area contributed by atoms with Crippen LogP contribution in [0.1, 0.15) is 5.76 Å². The molecule has 1 aromatic heterocycles. The van der Waals surface area contributed by atoms with Crippen molar-refractivity contribution in [2.24, 2.45) is 0 Å². The zero-order valence-electron chi connectivity index (χ0n) is 12.3. The molecule has 24 heavy (non-hydrogen) atoms. The number of nitrogens with one attached hydrogen (secondary N) is 1. The molecule has 8 heteroatoms. The van der Waals surface area contributed by atoms with E-state index in [2.05, 4.69) is 5.32 Å². The van der Waals surface area contributed by atoms with Crippen LogP contribution in [-0.4, -0.2) is 28.9 Å². The van der Waals surface area contributed by atoms with Crippen molar-refractivity contribution in [2.45, 2.75) is 0 Å². The summed E-state index contributed by atoms with van der Waals surface area (Å²) in [7, 11) is 1.49. The third-order valence-corrected chi connectivity index (χ3v) is 4.54. The van der Waals surface area contributed by atoms with Crippen molar-refractivity contribution in [2.75, 3.05) is 7.05 Å². The number of amides is 2. The van der Waals surface area contributed by atoms with E-state index in [0.29, 0.717) is 21.6 Å². The summed E-state index contributed by atoms with van der Waals surface area (Å²) in [5.74, 6) is -0.157. The summed E-state index contributed by atoms with van der Waals surface area (Å²) in [6, 6.07) is 8.46. The fraction of sp³-hybridized carbons (Fsp3) is 0.0625. The van der Waals surface area contributed by atoms with Gasteiger partial charge in [-0.3, -0.25) is 19.8 Å². The van der Waals surface area contributed by atoms with Gasteiger partial charge in [0.15, 0.2) is 5.11 Å². The number of carbonyl (C=O) groups is 2. The van der Waals surface area contributed by atoms with Gasteiger partial charge in [-0.25, -0.2) is 0 Å². The SMILES string of the molecule is CN1C(=O)/C(=C\c2ccc(-c3ccc(Cl)c(Cl)c3)o2)C(=O)NC1=S. The van der Waals surface area contributed by atoms with Gasteiger partial charge in [0.05, 0.1) is 10.0 Å². The average molecular weight is 381 g/mol. The van der Waals surface area contributed by atoms with Crippen molar-refractivity contribution in [3.8, 4) is 11.3 Å². The summed E-state index contributed by atoms with van der Waals surface area (Å²) in [5, 5.41) is 3.35. The second-order valence-electron chi connectivity index (χ2n) is 5.01. The number of benzene rings is 1. The summed E-state index contributed by atoms with van der Waals surface area (Å²) in [4.78, 5) is 25.3. The summed E-state index contributed by atoms with van der Waals surface area (Å²) in [6.45, 7) is 0. The fourth-order valence-electron chi connectivity index (χ4n) is 2.12. The third kappa shape index (κ3) is 3.08. The largest absolute Gasteiger partial charge is 0.457 e. The van der Waals surface area contributed by atoms with Gasteiger partial charge in [0.1, 0.15) is 17.1 Å². The van der Waals surface area contributed by atoms with Crippen molar-refractivity contribution in [3.63, 3.8) is 0 Å². The molecule has 2 heterocycles. The van der Waals surface area contributed by atoms with Gasteiger partial charge in [-0.1, -0.05) is 23.2 Å². The maximum absolute atomic E-state index is 12.1. The molecule has 0 aliphatic carbocycles. The van der Waals surface area contributed by atoms with Crippen LogP contribution in [0.4, 0.5) is 0 Å². The van der Waals surface area contributed by atoms with E-state index in [1.807, 2.05) is 0 Å². The molecule has 1 aliphatic rings. The highest BCUT2D eigenvalue weighted by Crippen LogP contribution is 2.30. The second-order valence-corrected chi connectivity index (χ2v) is 6.21. The Labute approximate surface area is 152 Å². The van der Waals surface area contributed by atoms with Crippen LogP contribution in [0.25, 0.3) is 17.4 Å². The molecule has 2 aromatic rings. The molecule has 1 aromatic carbocycles. The van der Waals surface area contributed by atoms with Gasteiger partial charge >= 0.3 is 0 Å². The zero-order valence-corrected chi connectivity index (χ0v) is 14.6. The average Bonchev–Trinajstić information content (AvgIpc) is 3.01. The first-order valence-corrected chi connectivity index (χ1v) is 7.93. The second kappa shape index (κ2) is 6.39. The van der Waals surface area contributed by atoms with E-state index >= 15 is 0 Å². The Balaban J connectivity index is 1.93. The summed E-state index contributed by atoms with van der Waals surface area (Å²) in [5.41, 5.74) is 0.674. The van der Waals surface area contributed by atoms with E-state index in [0.717, 1.165) is 5.56 Å².